The molecular formula is C27H25N5O4S. The van der Waals surface area contributed by atoms with Gasteiger partial charge in [-0.25, -0.2) is 18.0 Å². The first-order chi connectivity index (χ1) is 17.8. The van der Waals surface area contributed by atoms with Gasteiger partial charge in [0.15, 0.2) is 0 Å². The minimum absolute atomic E-state index is 0.110. The average molecular weight is 516 g/mol. The van der Waals surface area contributed by atoms with Crippen LogP contribution in [0.2, 0.25) is 0 Å². The van der Waals surface area contributed by atoms with E-state index in [1.807, 2.05) is 12.1 Å². The fourth-order valence-corrected chi connectivity index (χ4v) is 4.82. The van der Waals surface area contributed by atoms with E-state index in [1.54, 1.807) is 73.7 Å². The minimum Gasteiger partial charge on any atom is -0.308 e. The fourth-order valence-electron chi connectivity index (χ4n) is 3.49. The van der Waals surface area contributed by atoms with Crippen LogP contribution < -0.4 is 26.0 Å². The summed E-state index contributed by atoms with van der Waals surface area (Å²) < 4.78 is 28.7. The first kappa shape index (κ1) is 25.3. The molecule has 9 nitrogen and oxygen atoms in total. The van der Waals surface area contributed by atoms with Gasteiger partial charge in [-0.15, -0.1) is 0 Å². The van der Waals surface area contributed by atoms with Crippen LogP contribution in [0.25, 0.3) is 0 Å². The van der Waals surface area contributed by atoms with E-state index in [0.717, 1.165) is 0 Å². The molecule has 0 spiro atoms. The summed E-state index contributed by atoms with van der Waals surface area (Å²) in [6, 6.07) is 27.6. The molecule has 0 saturated heterocycles. The van der Waals surface area contributed by atoms with E-state index in [2.05, 4.69) is 26.0 Å². The van der Waals surface area contributed by atoms with E-state index in [9.17, 15) is 18.0 Å². The molecule has 0 heterocycles. The highest BCUT2D eigenvalue weighted by atomic mass is 32.2. The van der Waals surface area contributed by atoms with E-state index >= 15 is 0 Å². The first-order valence-electron chi connectivity index (χ1n) is 11.3. The molecule has 0 atom stereocenters. The number of hydrogen-bond acceptors (Lipinski definition) is 4. The summed E-state index contributed by atoms with van der Waals surface area (Å²) in [6.45, 7) is 1.69. The van der Waals surface area contributed by atoms with Crippen LogP contribution in [0.4, 0.5) is 38.0 Å². The number of aryl methyl sites for hydroxylation is 1. The molecule has 0 unspecified atom stereocenters. The second-order valence-electron chi connectivity index (χ2n) is 8.02. The van der Waals surface area contributed by atoms with Crippen LogP contribution in [-0.4, -0.2) is 20.5 Å². The Labute approximate surface area is 215 Å². The van der Waals surface area contributed by atoms with E-state index in [1.165, 1.54) is 24.3 Å². The van der Waals surface area contributed by atoms with Crippen LogP contribution in [0.3, 0.4) is 0 Å². The van der Waals surface area contributed by atoms with Gasteiger partial charge < -0.3 is 21.3 Å². The number of carbonyl (C=O) groups is 2. The van der Waals surface area contributed by atoms with Gasteiger partial charge in [0.05, 0.1) is 16.3 Å². The number of anilines is 5. The van der Waals surface area contributed by atoms with Crippen molar-refractivity contribution in [3.63, 3.8) is 0 Å². The van der Waals surface area contributed by atoms with Gasteiger partial charge in [-0.3, -0.25) is 4.72 Å². The number of para-hydroxylation sites is 2. The van der Waals surface area contributed by atoms with E-state index < -0.39 is 22.1 Å². The molecule has 0 aliphatic heterocycles. The van der Waals surface area contributed by atoms with Gasteiger partial charge in [0.25, 0.3) is 10.0 Å². The van der Waals surface area contributed by atoms with Gasteiger partial charge >= 0.3 is 12.1 Å². The molecule has 0 aliphatic carbocycles. The summed E-state index contributed by atoms with van der Waals surface area (Å²) in [7, 11) is -3.96. The molecule has 0 saturated carbocycles. The Morgan fingerprint density at radius 1 is 0.568 bits per heavy atom. The van der Waals surface area contributed by atoms with E-state index in [-0.39, 0.29) is 16.3 Å². The summed E-state index contributed by atoms with van der Waals surface area (Å²) >= 11 is 0. The summed E-state index contributed by atoms with van der Waals surface area (Å²) in [4.78, 5) is 25.3. The average Bonchev–Trinajstić information content (AvgIpc) is 2.87. The lowest BCUT2D eigenvalue weighted by Crippen LogP contribution is -2.22. The lowest BCUT2D eigenvalue weighted by atomic mass is 10.2. The highest BCUT2D eigenvalue weighted by Crippen LogP contribution is 2.29. The van der Waals surface area contributed by atoms with Gasteiger partial charge in [-0.2, -0.15) is 0 Å². The van der Waals surface area contributed by atoms with Crippen molar-refractivity contribution in [2.24, 2.45) is 0 Å². The Hall–Kier alpha value is -4.83. The maximum atomic E-state index is 13.1. The molecule has 4 rings (SSSR count). The maximum Gasteiger partial charge on any atom is 0.323 e. The normalized spacial score (nSPS) is 10.7. The topological polar surface area (TPSA) is 128 Å². The molecule has 4 amide bonds. The van der Waals surface area contributed by atoms with Crippen molar-refractivity contribution in [3.8, 4) is 0 Å². The molecule has 37 heavy (non-hydrogen) atoms. The molecule has 0 radical (unpaired) electrons. The lowest BCUT2D eigenvalue weighted by Gasteiger charge is -2.17. The molecule has 0 aliphatic rings. The smallest absolute Gasteiger partial charge is 0.308 e. The van der Waals surface area contributed by atoms with Crippen molar-refractivity contribution in [2.45, 2.75) is 11.8 Å². The van der Waals surface area contributed by atoms with Crippen LogP contribution in [0.15, 0.2) is 108 Å². The number of benzene rings is 4. The Morgan fingerprint density at radius 2 is 1.08 bits per heavy atom. The van der Waals surface area contributed by atoms with Gasteiger partial charge in [-0.05, 0) is 61.0 Å². The maximum absolute atomic E-state index is 13.1. The molecular weight excluding hydrogens is 490 g/mol. The fraction of sp³-hybridized carbons (Fsp3) is 0.0370. The Morgan fingerprint density at radius 3 is 1.68 bits per heavy atom. The van der Waals surface area contributed by atoms with Gasteiger partial charge in [-0.1, -0.05) is 54.6 Å². The Balaban J connectivity index is 1.59. The second kappa shape index (κ2) is 11.3. The largest absolute Gasteiger partial charge is 0.323 e. The third-order valence-corrected chi connectivity index (χ3v) is 6.74. The number of amides is 4. The zero-order valence-corrected chi connectivity index (χ0v) is 20.7. The standard InChI is InChI=1S/C27H25N5O4S/c1-19-10-8-9-15-25(19)37(35,36)32-23-17-16-22(30-26(33)28-20-11-4-2-5-12-20)18-24(23)31-27(34)29-21-13-6-3-7-14-21/h2-18,32H,1H3,(H2,28,30,33)(H2,29,31,34). The zero-order valence-electron chi connectivity index (χ0n) is 19.9. The number of nitrogens with one attached hydrogen (secondary N) is 5. The number of sulfonamides is 1. The second-order valence-corrected chi connectivity index (χ2v) is 9.67. The number of rotatable bonds is 7. The Bertz CT molecular complexity index is 1510. The predicted molar refractivity (Wildman–Crippen MR) is 147 cm³/mol. The molecule has 4 aromatic rings. The van der Waals surface area contributed by atoms with Crippen LogP contribution in [0.5, 0.6) is 0 Å². The minimum atomic E-state index is -3.96. The summed E-state index contributed by atoms with van der Waals surface area (Å²) in [5.41, 5.74) is 2.33. The van der Waals surface area contributed by atoms with Crippen LogP contribution in [0.1, 0.15) is 5.56 Å². The van der Waals surface area contributed by atoms with Gasteiger partial charge in [0, 0.05) is 17.1 Å². The molecule has 5 N–H and O–H groups in total. The van der Waals surface area contributed by atoms with Crippen molar-refractivity contribution in [3.05, 3.63) is 109 Å². The SMILES string of the molecule is Cc1ccccc1S(=O)(=O)Nc1ccc(NC(=O)Nc2ccccc2)cc1NC(=O)Nc1ccccc1. The predicted octanol–water partition coefficient (Wildman–Crippen LogP) is 6.08. The summed E-state index contributed by atoms with van der Waals surface area (Å²) in [5, 5.41) is 10.7. The number of urea groups is 2. The van der Waals surface area contributed by atoms with Crippen molar-refractivity contribution in [2.75, 3.05) is 26.0 Å². The van der Waals surface area contributed by atoms with Crippen molar-refractivity contribution < 1.29 is 18.0 Å². The summed E-state index contributed by atoms with van der Waals surface area (Å²) in [5.74, 6) is 0. The van der Waals surface area contributed by atoms with Crippen molar-refractivity contribution in [1.29, 1.82) is 0 Å². The molecule has 4 aromatic carbocycles. The van der Waals surface area contributed by atoms with Crippen LogP contribution >= 0.6 is 0 Å². The summed E-state index contributed by atoms with van der Waals surface area (Å²) in [6.07, 6.45) is 0. The van der Waals surface area contributed by atoms with Gasteiger partial charge in [0.1, 0.15) is 0 Å². The van der Waals surface area contributed by atoms with Crippen molar-refractivity contribution in [1.82, 2.24) is 0 Å². The molecule has 10 heteroatoms. The quantitative estimate of drug-likeness (QED) is 0.204. The van der Waals surface area contributed by atoms with E-state index in [4.69, 9.17) is 0 Å². The third kappa shape index (κ3) is 6.86. The van der Waals surface area contributed by atoms with Crippen LogP contribution in [0, 0.1) is 6.92 Å². The Kier molecular flexibility index (Phi) is 7.70. The van der Waals surface area contributed by atoms with E-state index in [0.29, 0.717) is 22.6 Å². The van der Waals surface area contributed by atoms with Crippen molar-refractivity contribution >= 4 is 50.5 Å². The zero-order chi connectivity index (χ0) is 26.3. The highest BCUT2D eigenvalue weighted by molar-refractivity contribution is 7.92. The highest BCUT2D eigenvalue weighted by Gasteiger charge is 2.19. The lowest BCUT2D eigenvalue weighted by molar-refractivity contribution is 0.261. The van der Waals surface area contributed by atoms with Gasteiger partial charge in [0.2, 0.25) is 0 Å². The number of hydrogen-bond donors (Lipinski definition) is 5. The van der Waals surface area contributed by atoms with Crippen LogP contribution in [-0.2, 0) is 10.0 Å². The monoisotopic (exact) mass is 515 g/mol. The third-order valence-electron chi connectivity index (χ3n) is 5.22. The molecule has 0 bridgehead atoms. The number of carbonyl (C=O) groups excluding carboxylic acids is 2. The first-order valence-corrected chi connectivity index (χ1v) is 12.8. The molecule has 0 fully saturated rings. The molecule has 0 aromatic heterocycles. The molecule has 188 valence electrons.